The van der Waals surface area contributed by atoms with Crippen LogP contribution in [0.1, 0.15) is 33.2 Å². The predicted molar refractivity (Wildman–Crippen MR) is 146 cm³/mol. The number of nitrogens with one attached hydrogen (secondary N) is 1. The van der Waals surface area contributed by atoms with E-state index in [1.807, 2.05) is 6.92 Å². The zero-order valence-electron chi connectivity index (χ0n) is 21.1. The molecule has 0 spiro atoms. The van der Waals surface area contributed by atoms with Gasteiger partial charge in [0.1, 0.15) is 4.90 Å². The van der Waals surface area contributed by atoms with E-state index in [1.54, 1.807) is 29.2 Å². The first-order chi connectivity index (χ1) is 18.7. The van der Waals surface area contributed by atoms with E-state index in [0.717, 1.165) is 6.07 Å². The summed E-state index contributed by atoms with van der Waals surface area (Å²) in [5.74, 6) is -3.23. The molecule has 1 fully saturated rings. The summed E-state index contributed by atoms with van der Waals surface area (Å²) in [5.41, 5.74) is 1.08. The first-order valence-corrected chi connectivity index (χ1v) is 13.5. The van der Waals surface area contributed by atoms with Crippen LogP contribution in [-0.2, 0) is 10.0 Å². The lowest BCUT2D eigenvalue weighted by Gasteiger charge is -2.35. The first kappa shape index (κ1) is 27.6. The minimum Gasteiger partial charge on any atom is -0.335 e. The molecule has 1 N–H and O–H groups in total. The molecule has 8 nitrogen and oxygen atoms in total. The monoisotopic (exact) mass is 552 g/mol. The van der Waals surface area contributed by atoms with E-state index in [0.29, 0.717) is 11.1 Å². The molecule has 1 aliphatic rings. The number of hydrogen-bond acceptors (Lipinski definition) is 5. The minimum absolute atomic E-state index is 0.0289. The zero-order valence-corrected chi connectivity index (χ0v) is 21.9. The molecule has 0 aromatic heterocycles. The standard InChI is InChI=1S/C28H26F2N4O4S/c1-3-6-19-7-4-10-24(26(19)31-2)39(37,38)32-21-13-11-20(12-14-21)27(35)33-15-17-34(18-16-33)28(36)22-8-5-9-23(29)25(22)30/h3-14,32H,2,15-18H2,1H3/b6-3-. The largest absolute Gasteiger partial charge is 0.335 e. The fraction of sp³-hybridized carbons (Fsp3) is 0.179. The fourth-order valence-corrected chi connectivity index (χ4v) is 5.52. The van der Waals surface area contributed by atoms with Crippen LogP contribution in [0, 0.1) is 11.6 Å². The Kier molecular flexibility index (Phi) is 8.20. The quantitative estimate of drug-likeness (QED) is 0.429. The molecule has 39 heavy (non-hydrogen) atoms. The molecule has 1 heterocycles. The Hall–Kier alpha value is -4.38. The highest BCUT2D eigenvalue weighted by Crippen LogP contribution is 2.30. The van der Waals surface area contributed by atoms with Crippen LogP contribution in [0.5, 0.6) is 0 Å². The molecule has 11 heteroatoms. The molecule has 0 saturated carbocycles. The number of aliphatic imine (C=N–C) groups is 1. The van der Waals surface area contributed by atoms with Crippen molar-refractivity contribution in [3.8, 4) is 0 Å². The van der Waals surface area contributed by atoms with Crippen LogP contribution in [-0.4, -0.2) is 62.9 Å². The SMILES string of the molecule is C=Nc1c(/C=C\C)cccc1S(=O)(=O)Nc1ccc(C(=O)N2CCN(C(=O)c3cccc(F)c3F)CC2)cc1. The maximum absolute atomic E-state index is 14.0. The van der Waals surface area contributed by atoms with Gasteiger partial charge in [-0.2, -0.15) is 0 Å². The molecule has 3 aromatic rings. The molecule has 0 atom stereocenters. The number of hydrogen-bond donors (Lipinski definition) is 1. The highest BCUT2D eigenvalue weighted by Gasteiger charge is 2.28. The highest BCUT2D eigenvalue weighted by molar-refractivity contribution is 7.92. The van der Waals surface area contributed by atoms with Gasteiger partial charge in [-0.3, -0.25) is 19.3 Å². The summed E-state index contributed by atoms with van der Waals surface area (Å²) >= 11 is 0. The third-order valence-corrected chi connectivity index (χ3v) is 7.66. The highest BCUT2D eigenvalue weighted by atomic mass is 32.2. The summed E-state index contributed by atoms with van der Waals surface area (Å²) in [5, 5.41) is 0. The van der Waals surface area contributed by atoms with E-state index in [-0.39, 0.29) is 53.9 Å². The summed E-state index contributed by atoms with van der Waals surface area (Å²) in [4.78, 5) is 32.4. The van der Waals surface area contributed by atoms with E-state index < -0.39 is 27.6 Å². The normalized spacial score (nSPS) is 13.9. The molecule has 4 rings (SSSR count). The third-order valence-electron chi connectivity index (χ3n) is 6.24. The van der Waals surface area contributed by atoms with Crippen LogP contribution < -0.4 is 4.72 Å². The predicted octanol–water partition coefficient (Wildman–Crippen LogP) is 4.73. The van der Waals surface area contributed by atoms with Crippen LogP contribution in [0.2, 0.25) is 0 Å². The van der Waals surface area contributed by atoms with Crippen LogP contribution in [0.3, 0.4) is 0 Å². The van der Waals surface area contributed by atoms with Gasteiger partial charge in [0.05, 0.1) is 11.3 Å². The van der Waals surface area contributed by atoms with E-state index in [9.17, 15) is 26.8 Å². The van der Waals surface area contributed by atoms with Crippen molar-refractivity contribution in [2.24, 2.45) is 4.99 Å². The molecule has 1 aliphatic heterocycles. The molecule has 1 saturated heterocycles. The fourth-order valence-electron chi connectivity index (χ4n) is 4.26. The molecule has 202 valence electrons. The van der Waals surface area contributed by atoms with Gasteiger partial charge in [-0.25, -0.2) is 17.2 Å². The maximum atomic E-state index is 14.0. The Bertz CT molecular complexity index is 1550. The number of allylic oxidation sites excluding steroid dienone is 1. The Labute approximate surface area is 225 Å². The summed E-state index contributed by atoms with van der Waals surface area (Å²) in [6, 6.07) is 14.2. The van der Waals surface area contributed by atoms with Crippen LogP contribution >= 0.6 is 0 Å². The Balaban J connectivity index is 1.41. The van der Waals surface area contributed by atoms with Crippen molar-refractivity contribution in [3.63, 3.8) is 0 Å². The van der Waals surface area contributed by atoms with E-state index in [4.69, 9.17) is 0 Å². The molecule has 0 radical (unpaired) electrons. The Morgan fingerprint density at radius 1 is 0.923 bits per heavy atom. The minimum atomic E-state index is -3.99. The molecule has 3 aromatic carbocycles. The van der Waals surface area contributed by atoms with Crippen LogP contribution in [0.15, 0.2) is 76.6 Å². The lowest BCUT2D eigenvalue weighted by Crippen LogP contribution is -2.50. The number of amides is 2. The van der Waals surface area contributed by atoms with Gasteiger partial charge in [-0.1, -0.05) is 30.4 Å². The second-order valence-corrected chi connectivity index (χ2v) is 10.4. The van der Waals surface area contributed by atoms with Gasteiger partial charge in [0.25, 0.3) is 21.8 Å². The lowest BCUT2D eigenvalue weighted by atomic mass is 10.1. The summed E-state index contributed by atoms with van der Waals surface area (Å²) in [7, 11) is -3.99. The number of rotatable bonds is 7. The van der Waals surface area contributed by atoms with Crippen molar-refractivity contribution in [3.05, 3.63) is 95.1 Å². The van der Waals surface area contributed by atoms with Crippen LogP contribution in [0.25, 0.3) is 6.08 Å². The molecule has 2 amide bonds. The number of carbonyl (C=O) groups is 2. The van der Waals surface area contributed by atoms with Crippen molar-refractivity contribution in [1.82, 2.24) is 9.80 Å². The number of benzene rings is 3. The van der Waals surface area contributed by atoms with Crippen molar-refractivity contribution in [2.45, 2.75) is 11.8 Å². The van der Waals surface area contributed by atoms with Gasteiger partial charge in [-0.15, -0.1) is 0 Å². The molecule has 0 aliphatic carbocycles. The molecule has 0 unspecified atom stereocenters. The Morgan fingerprint density at radius 2 is 1.54 bits per heavy atom. The number of nitrogens with zero attached hydrogens (tertiary/aromatic N) is 3. The van der Waals surface area contributed by atoms with Crippen molar-refractivity contribution in [2.75, 3.05) is 30.9 Å². The second kappa shape index (κ2) is 11.6. The molecular formula is C28H26F2N4O4S. The van der Waals surface area contributed by atoms with Crippen molar-refractivity contribution < 1.29 is 26.8 Å². The van der Waals surface area contributed by atoms with Crippen LogP contribution in [0.4, 0.5) is 20.2 Å². The first-order valence-electron chi connectivity index (χ1n) is 12.0. The summed E-state index contributed by atoms with van der Waals surface area (Å²) < 4.78 is 56.1. The summed E-state index contributed by atoms with van der Waals surface area (Å²) in [6.07, 6.45) is 3.50. The number of halogens is 2. The third kappa shape index (κ3) is 5.88. The number of sulfonamides is 1. The van der Waals surface area contributed by atoms with E-state index in [2.05, 4.69) is 16.4 Å². The van der Waals surface area contributed by atoms with E-state index in [1.165, 1.54) is 47.4 Å². The van der Waals surface area contributed by atoms with Gasteiger partial charge < -0.3 is 9.80 Å². The maximum Gasteiger partial charge on any atom is 0.264 e. The molecule has 0 bridgehead atoms. The molecular weight excluding hydrogens is 526 g/mol. The smallest absolute Gasteiger partial charge is 0.264 e. The van der Waals surface area contributed by atoms with E-state index >= 15 is 0 Å². The average molecular weight is 553 g/mol. The van der Waals surface area contributed by atoms with Gasteiger partial charge in [0.2, 0.25) is 0 Å². The number of piperazine rings is 1. The lowest BCUT2D eigenvalue weighted by molar-refractivity contribution is 0.0532. The average Bonchev–Trinajstić information content (AvgIpc) is 2.94. The van der Waals surface area contributed by atoms with Gasteiger partial charge in [0.15, 0.2) is 11.6 Å². The second-order valence-electron chi connectivity index (χ2n) is 8.72. The zero-order chi connectivity index (χ0) is 28.2. The summed E-state index contributed by atoms with van der Waals surface area (Å²) in [6.45, 7) is 6.03. The van der Waals surface area contributed by atoms with Crippen molar-refractivity contribution in [1.29, 1.82) is 0 Å². The number of para-hydroxylation sites is 1. The van der Waals surface area contributed by atoms with Gasteiger partial charge in [-0.05, 0) is 56.1 Å². The van der Waals surface area contributed by atoms with Crippen molar-refractivity contribution >= 4 is 46.0 Å². The topological polar surface area (TPSA) is 99.1 Å². The number of anilines is 1. The van der Waals surface area contributed by atoms with Gasteiger partial charge >= 0.3 is 0 Å². The number of carbonyl (C=O) groups excluding carboxylic acids is 2. The van der Waals surface area contributed by atoms with Gasteiger partial charge in [0, 0.05) is 43.0 Å². The Morgan fingerprint density at radius 3 is 2.15 bits per heavy atom.